The molecule has 0 aliphatic carbocycles. The quantitative estimate of drug-likeness (QED) is 0.587. The number of halogens is 4. The molecule has 1 aromatic rings. The fourth-order valence-electron chi connectivity index (χ4n) is 1.20. The first kappa shape index (κ1) is 14.0. The zero-order valence-corrected chi connectivity index (χ0v) is 10.4. The minimum absolute atomic E-state index is 0.254. The van der Waals surface area contributed by atoms with E-state index in [0.717, 1.165) is 0 Å². The Labute approximate surface area is 104 Å². The van der Waals surface area contributed by atoms with E-state index in [9.17, 15) is 13.2 Å². The first-order valence-corrected chi connectivity index (χ1v) is 5.43. The van der Waals surface area contributed by atoms with Crippen molar-refractivity contribution in [3.63, 3.8) is 0 Å². The van der Waals surface area contributed by atoms with Crippen LogP contribution in [-0.4, -0.2) is 22.2 Å². The molecule has 0 bridgehead atoms. The van der Waals surface area contributed by atoms with Crippen LogP contribution in [0.2, 0.25) is 0 Å². The molecule has 4 N–H and O–H groups in total. The Morgan fingerprint density at radius 2 is 2.00 bits per heavy atom. The van der Waals surface area contributed by atoms with Gasteiger partial charge in [-0.1, -0.05) is 0 Å². The maximum Gasteiger partial charge on any atom is 0.391 e. The first-order chi connectivity index (χ1) is 7.83. The number of alkyl halides is 3. The van der Waals surface area contributed by atoms with Gasteiger partial charge in [0.05, 0.1) is 6.42 Å². The summed E-state index contributed by atoms with van der Waals surface area (Å²) >= 11 is 3.14. The van der Waals surface area contributed by atoms with E-state index in [1.165, 1.54) is 13.3 Å². The van der Waals surface area contributed by atoms with Gasteiger partial charge in [0.2, 0.25) is 0 Å². The Bertz CT molecular complexity index is 384. The second-order valence-corrected chi connectivity index (χ2v) is 4.19. The maximum absolute atomic E-state index is 12.1. The Morgan fingerprint density at radius 3 is 2.53 bits per heavy atom. The van der Waals surface area contributed by atoms with Crippen molar-refractivity contribution < 1.29 is 13.2 Å². The van der Waals surface area contributed by atoms with Crippen molar-refractivity contribution in [3.8, 4) is 0 Å². The third kappa shape index (κ3) is 4.35. The van der Waals surface area contributed by atoms with Crippen molar-refractivity contribution in [1.82, 2.24) is 9.97 Å². The predicted molar refractivity (Wildman–Crippen MR) is 61.3 cm³/mol. The number of hydrogen-bond acceptors (Lipinski definition) is 5. The van der Waals surface area contributed by atoms with Gasteiger partial charge in [0, 0.05) is 6.04 Å². The van der Waals surface area contributed by atoms with Gasteiger partial charge < -0.3 is 10.7 Å². The Morgan fingerprint density at radius 1 is 1.41 bits per heavy atom. The highest BCUT2D eigenvalue weighted by Gasteiger charge is 2.30. The molecule has 0 aromatic carbocycles. The predicted octanol–water partition coefficient (Wildman–Crippen LogP) is 2.28. The van der Waals surface area contributed by atoms with Gasteiger partial charge in [0.1, 0.15) is 16.6 Å². The van der Waals surface area contributed by atoms with Crippen molar-refractivity contribution in [1.29, 1.82) is 0 Å². The second-order valence-electron chi connectivity index (χ2n) is 3.39. The third-order valence-electron chi connectivity index (χ3n) is 1.85. The van der Waals surface area contributed by atoms with E-state index in [0.29, 0.717) is 10.3 Å². The molecule has 0 aliphatic heterocycles. The highest BCUT2D eigenvalue weighted by atomic mass is 79.9. The zero-order valence-electron chi connectivity index (χ0n) is 8.85. The number of nitrogens with two attached hydrogens (primary N) is 1. The zero-order chi connectivity index (χ0) is 13.1. The molecule has 1 rings (SSSR count). The lowest BCUT2D eigenvalue weighted by Gasteiger charge is -2.17. The van der Waals surface area contributed by atoms with Crippen molar-refractivity contribution in [2.75, 3.05) is 10.7 Å². The van der Waals surface area contributed by atoms with Crippen LogP contribution in [-0.2, 0) is 0 Å². The molecule has 0 saturated heterocycles. The molecule has 9 heteroatoms. The SMILES string of the molecule is CC(CC(F)(F)F)Nc1ncnc(NN)c1Br. The van der Waals surface area contributed by atoms with Crippen LogP contribution in [0.4, 0.5) is 24.8 Å². The highest BCUT2D eigenvalue weighted by molar-refractivity contribution is 9.10. The summed E-state index contributed by atoms with van der Waals surface area (Å²) in [7, 11) is 0. The number of anilines is 2. The lowest BCUT2D eigenvalue weighted by Crippen LogP contribution is -2.24. The summed E-state index contributed by atoms with van der Waals surface area (Å²) in [4.78, 5) is 7.61. The van der Waals surface area contributed by atoms with E-state index in [4.69, 9.17) is 5.84 Å². The number of rotatable bonds is 4. The molecule has 0 radical (unpaired) electrons. The molecule has 1 aromatic heterocycles. The highest BCUT2D eigenvalue weighted by Crippen LogP contribution is 2.28. The molecule has 1 heterocycles. The van der Waals surface area contributed by atoms with Crippen molar-refractivity contribution in [2.45, 2.75) is 25.6 Å². The van der Waals surface area contributed by atoms with E-state index in [1.54, 1.807) is 0 Å². The van der Waals surface area contributed by atoms with E-state index < -0.39 is 18.6 Å². The smallest absolute Gasteiger partial charge is 0.366 e. The topological polar surface area (TPSA) is 75.9 Å². The number of hydrazine groups is 1. The van der Waals surface area contributed by atoms with Gasteiger partial charge in [-0.3, -0.25) is 0 Å². The van der Waals surface area contributed by atoms with E-state index in [-0.39, 0.29) is 5.82 Å². The van der Waals surface area contributed by atoms with Crippen LogP contribution in [0.5, 0.6) is 0 Å². The van der Waals surface area contributed by atoms with Crippen LogP contribution >= 0.6 is 15.9 Å². The van der Waals surface area contributed by atoms with E-state index in [2.05, 4.69) is 36.6 Å². The summed E-state index contributed by atoms with van der Waals surface area (Å²) in [5.41, 5.74) is 2.30. The fraction of sp³-hybridized carbons (Fsp3) is 0.500. The van der Waals surface area contributed by atoms with Crippen LogP contribution in [0.25, 0.3) is 0 Å². The van der Waals surface area contributed by atoms with Gasteiger partial charge in [-0.25, -0.2) is 15.8 Å². The van der Waals surface area contributed by atoms with Crippen LogP contribution in [0.3, 0.4) is 0 Å². The molecule has 1 atom stereocenters. The van der Waals surface area contributed by atoms with Gasteiger partial charge in [-0.05, 0) is 22.9 Å². The van der Waals surface area contributed by atoms with Crippen LogP contribution in [0.1, 0.15) is 13.3 Å². The summed E-state index contributed by atoms with van der Waals surface area (Å²) in [6, 6.07) is -0.799. The van der Waals surface area contributed by atoms with Crippen LogP contribution in [0, 0.1) is 0 Å². The molecule has 0 spiro atoms. The number of hydrogen-bond donors (Lipinski definition) is 3. The molecule has 17 heavy (non-hydrogen) atoms. The Kier molecular flexibility index (Phi) is 4.52. The summed E-state index contributed by atoms with van der Waals surface area (Å²) < 4.78 is 36.8. The van der Waals surface area contributed by atoms with Gasteiger partial charge >= 0.3 is 6.18 Å². The number of nitrogen functional groups attached to an aromatic ring is 1. The van der Waals surface area contributed by atoms with Crippen molar-refractivity contribution >= 4 is 27.6 Å². The molecular formula is C8H11BrF3N5. The monoisotopic (exact) mass is 313 g/mol. The normalized spacial score (nSPS) is 13.3. The van der Waals surface area contributed by atoms with Gasteiger partial charge in [-0.15, -0.1) is 0 Å². The molecule has 0 aliphatic rings. The van der Waals surface area contributed by atoms with Crippen molar-refractivity contribution in [2.24, 2.45) is 5.84 Å². The summed E-state index contributed by atoms with van der Waals surface area (Å²) in [5, 5.41) is 2.63. The van der Waals surface area contributed by atoms with Crippen molar-refractivity contribution in [3.05, 3.63) is 10.8 Å². The van der Waals surface area contributed by atoms with Crippen LogP contribution in [0.15, 0.2) is 10.8 Å². The number of aromatic nitrogens is 2. The largest absolute Gasteiger partial charge is 0.391 e. The Hall–Kier alpha value is -1.09. The molecule has 96 valence electrons. The standard InChI is InChI=1S/C8H11BrF3N5/c1-4(2-8(10,11)12)16-6-5(9)7(17-13)15-3-14-6/h3-4H,2,13H2,1H3,(H2,14,15,16,17). The average Bonchev–Trinajstić information content (AvgIpc) is 2.18. The number of nitrogens with zero attached hydrogens (tertiary/aromatic N) is 2. The third-order valence-corrected chi connectivity index (χ3v) is 2.60. The molecule has 0 fully saturated rings. The van der Waals surface area contributed by atoms with E-state index >= 15 is 0 Å². The second kappa shape index (κ2) is 5.50. The lowest BCUT2D eigenvalue weighted by molar-refractivity contribution is -0.136. The maximum atomic E-state index is 12.1. The Balaban J connectivity index is 2.75. The minimum Gasteiger partial charge on any atom is -0.366 e. The molecule has 0 saturated carbocycles. The summed E-state index contributed by atoms with van der Waals surface area (Å²) in [6.45, 7) is 1.41. The van der Waals surface area contributed by atoms with Gasteiger partial charge in [0.15, 0.2) is 5.82 Å². The van der Waals surface area contributed by atoms with Crippen LogP contribution < -0.4 is 16.6 Å². The molecule has 5 nitrogen and oxygen atoms in total. The van der Waals surface area contributed by atoms with Gasteiger partial charge in [-0.2, -0.15) is 13.2 Å². The molecule has 1 unspecified atom stereocenters. The summed E-state index contributed by atoms with van der Waals surface area (Å²) in [5.74, 6) is 5.72. The lowest BCUT2D eigenvalue weighted by atomic mass is 10.2. The molecule has 0 amide bonds. The number of nitrogens with one attached hydrogen (secondary N) is 2. The average molecular weight is 314 g/mol. The summed E-state index contributed by atoms with van der Waals surface area (Å²) in [6.07, 6.45) is -3.97. The molecular weight excluding hydrogens is 303 g/mol. The first-order valence-electron chi connectivity index (χ1n) is 4.64. The minimum atomic E-state index is -4.22. The fourth-order valence-corrected chi connectivity index (χ4v) is 1.64. The van der Waals surface area contributed by atoms with Gasteiger partial charge in [0.25, 0.3) is 0 Å². The van der Waals surface area contributed by atoms with E-state index in [1.807, 2.05) is 0 Å².